The fourth-order valence-corrected chi connectivity index (χ4v) is 1.39. The topological polar surface area (TPSA) is 21.3 Å². The number of halogens is 2. The second kappa shape index (κ2) is 6.05. The molecule has 0 aliphatic heterocycles. The zero-order valence-electron chi connectivity index (χ0n) is 8.89. The summed E-state index contributed by atoms with van der Waals surface area (Å²) in [5.41, 5.74) is 0.890. The number of rotatable bonds is 5. The molecule has 1 atom stereocenters. The molecule has 0 heterocycles. The van der Waals surface area contributed by atoms with Gasteiger partial charge in [0.05, 0.1) is 6.10 Å². The molecule has 0 bridgehead atoms. The van der Waals surface area contributed by atoms with Crippen LogP contribution >= 0.6 is 11.6 Å². The summed E-state index contributed by atoms with van der Waals surface area (Å²) in [6, 6.07) is 4.41. The normalized spacial score (nSPS) is 12.8. The second-order valence-corrected chi connectivity index (χ2v) is 3.82. The summed E-state index contributed by atoms with van der Waals surface area (Å²) in [4.78, 5) is 0. The molecular weight excluding hydrogens is 217 g/mol. The molecule has 0 saturated heterocycles. The monoisotopic (exact) mass is 231 g/mol. The molecule has 15 heavy (non-hydrogen) atoms. The number of methoxy groups -OCH3 is 1. The molecule has 0 fully saturated rings. The van der Waals surface area contributed by atoms with Crippen LogP contribution in [0, 0.1) is 5.82 Å². The van der Waals surface area contributed by atoms with Crippen molar-refractivity contribution in [1.82, 2.24) is 5.32 Å². The zero-order valence-corrected chi connectivity index (χ0v) is 9.64. The third-order valence-electron chi connectivity index (χ3n) is 2.16. The Balaban J connectivity index is 2.44. The highest BCUT2D eigenvalue weighted by molar-refractivity contribution is 6.31. The minimum absolute atomic E-state index is 0.157. The molecule has 0 aliphatic rings. The van der Waals surface area contributed by atoms with E-state index in [4.69, 9.17) is 16.3 Å². The Labute approximate surface area is 94.4 Å². The van der Waals surface area contributed by atoms with Crippen LogP contribution in [0.15, 0.2) is 18.2 Å². The molecule has 1 aromatic carbocycles. The molecule has 1 N–H and O–H groups in total. The Morgan fingerprint density at radius 2 is 2.27 bits per heavy atom. The van der Waals surface area contributed by atoms with Gasteiger partial charge in [0.25, 0.3) is 0 Å². The molecule has 2 nitrogen and oxygen atoms in total. The average molecular weight is 232 g/mol. The van der Waals surface area contributed by atoms with E-state index in [0.29, 0.717) is 11.6 Å². The van der Waals surface area contributed by atoms with Crippen LogP contribution in [-0.2, 0) is 11.3 Å². The Kier molecular flexibility index (Phi) is 5.02. The summed E-state index contributed by atoms with van der Waals surface area (Å²) in [5.74, 6) is -0.311. The van der Waals surface area contributed by atoms with Crippen LogP contribution in [0.1, 0.15) is 12.5 Å². The average Bonchev–Trinajstić information content (AvgIpc) is 2.21. The summed E-state index contributed by atoms with van der Waals surface area (Å²) in [6.07, 6.45) is 0.157. The fraction of sp³-hybridized carbons (Fsp3) is 0.455. The zero-order chi connectivity index (χ0) is 11.3. The third-order valence-corrected chi connectivity index (χ3v) is 2.52. The van der Waals surface area contributed by atoms with E-state index >= 15 is 0 Å². The van der Waals surface area contributed by atoms with E-state index in [1.54, 1.807) is 13.2 Å². The quantitative estimate of drug-likeness (QED) is 0.841. The first-order valence-electron chi connectivity index (χ1n) is 4.81. The molecule has 84 valence electrons. The van der Waals surface area contributed by atoms with Crippen molar-refractivity contribution < 1.29 is 9.13 Å². The molecule has 0 amide bonds. The predicted molar refractivity (Wildman–Crippen MR) is 59.6 cm³/mol. The van der Waals surface area contributed by atoms with Crippen molar-refractivity contribution in [3.63, 3.8) is 0 Å². The molecule has 0 radical (unpaired) electrons. The van der Waals surface area contributed by atoms with Crippen molar-refractivity contribution >= 4 is 11.6 Å². The van der Waals surface area contributed by atoms with Gasteiger partial charge in [-0.2, -0.15) is 0 Å². The molecule has 0 aromatic heterocycles. The van der Waals surface area contributed by atoms with Crippen molar-refractivity contribution in [3.8, 4) is 0 Å². The smallest absolute Gasteiger partial charge is 0.124 e. The molecule has 1 unspecified atom stereocenters. The fourth-order valence-electron chi connectivity index (χ4n) is 1.16. The minimum Gasteiger partial charge on any atom is -0.380 e. The van der Waals surface area contributed by atoms with Crippen LogP contribution in [0.2, 0.25) is 5.02 Å². The summed E-state index contributed by atoms with van der Waals surface area (Å²) >= 11 is 5.87. The molecular formula is C11H15ClFNO. The van der Waals surface area contributed by atoms with E-state index in [1.165, 1.54) is 12.1 Å². The highest BCUT2D eigenvalue weighted by Crippen LogP contribution is 2.16. The number of nitrogens with one attached hydrogen (secondary N) is 1. The standard InChI is InChI=1S/C11H15ClFNO/c1-8(15-2)6-14-7-9-3-4-10(13)5-11(9)12/h3-5,8,14H,6-7H2,1-2H3. The van der Waals surface area contributed by atoms with Gasteiger partial charge in [-0.05, 0) is 24.6 Å². The number of hydrogen-bond acceptors (Lipinski definition) is 2. The van der Waals surface area contributed by atoms with Gasteiger partial charge in [0, 0.05) is 25.2 Å². The molecule has 0 aliphatic carbocycles. The largest absolute Gasteiger partial charge is 0.380 e. The lowest BCUT2D eigenvalue weighted by molar-refractivity contribution is 0.117. The van der Waals surface area contributed by atoms with Gasteiger partial charge in [-0.25, -0.2) is 4.39 Å². The van der Waals surface area contributed by atoms with Crippen LogP contribution in [0.5, 0.6) is 0 Å². The van der Waals surface area contributed by atoms with E-state index in [1.807, 2.05) is 6.92 Å². The molecule has 4 heteroatoms. The predicted octanol–water partition coefficient (Wildman–Crippen LogP) is 2.60. The van der Waals surface area contributed by atoms with Gasteiger partial charge in [0.2, 0.25) is 0 Å². The van der Waals surface area contributed by atoms with E-state index in [-0.39, 0.29) is 11.9 Å². The van der Waals surface area contributed by atoms with Gasteiger partial charge < -0.3 is 10.1 Å². The Hall–Kier alpha value is -0.640. The van der Waals surface area contributed by atoms with Crippen LogP contribution in [-0.4, -0.2) is 19.8 Å². The number of hydrogen-bond donors (Lipinski definition) is 1. The SMILES string of the molecule is COC(C)CNCc1ccc(F)cc1Cl. The molecule has 1 rings (SSSR count). The summed E-state index contributed by atoms with van der Waals surface area (Å²) in [5, 5.41) is 3.63. The highest BCUT2D eigenvalue weighted by Gasteiger charge is 2.03. The maximum atomic E-state index is 12.7. The molecule has 0 saturated carbocycles. The van der Waals surface area contributed by atoms with Gasteiger partial charge in [0.1, 0.15) is 5.82 Å². The van der Waals surface area contributed by atoms with Crippen molar-refractivity contribution in [3.05, 3.63) is 34.6 Å². The molecule has 1 aromatic rings. The molecule has 0 spiro atoms. The Morgan fingerprint density at radius 1 is 1.53 bits per heavy atom. The van der Waals surface area contributed by atoms with Crippen LogP contribution < -0.4 is 5.32 Å². The minimum atomic E-state index is -0.311. The van der Waals surface area contributed by atoms with E-state index in [0.717, 1.165) is 12.1 Å². The number of ether oxygens (including phenoxy) is 1. The maximum Gasteiger partial charge on any atom is 0.124 e. The van der Waals surface area contributed by atoms with Gasteiger partial charge in [-0.15, -0.1) is 0 Å². The third kappa shape index (κ3) is 4.16. The first-order valence-corrected chi connectivity index (χ1v) is 5.18. The van der Waals surface area contributed by atoms with Crippen molar-refractivity contribution in [2.24, 2.45) is 0 Å². The first-order chi connectivity index (χ1) is 7.13. The van der Waals surface area contributed by atoms with E-state index in [2.05, 4.69) is 5.32 Å². The van der Waals surface area contributed by atoms with Crippen molar-refractivity contribution in [2.75, 3.05) is 13.7 Å². The Bertz CT molecular complexity index is 319. The maximum absolute atomic E-state index is 12.7. The van der Waals surface area contributed by atoms with Crippen molar-refractivity contribution in [2.45, 2.75) is 19.6 Å². The Morgan fingerprint density at radius 3 is 2.87 bits per heavy atom. The summed E-state index contributed by atoms with van der Waals surface area (Å²) in [6.45, 7) is 3.33. The number of benzene rings is 1. The van der Waals surface area contributed by atoms with Gasteiger partial charge in [0.15, 0.2) is 0 Å². The van der Waals surface area contributed by atoms with Crippen LogP contribution in [0.4, 0.5) is 4.39 Å². The van der Waals surface area contributed by atoms with E-state index in [9.17, 15) is 4.39 Å². The summed E-state index contributed by atoms with van der Waals surface area (Å²) < 4.78 is 17.8. The second-order valence-electron chi connectivity index (χ2n) is 3.41. The first kappa shape index (κ1) is 12.4. The van der Waals surface area contributed by atoms with Crippen LogP contribution in [0.3, 0.4) is 0 Å². The lowest BCUT2D eigenvalue weighted by Crippen LogP contribution is -2.25. The van der Waals surface area contributed by atoms with Crippen molar-refractivity contribution in [1.29, 1.82) is 0 Å². The lowest BCUT2D eigenvalue weighted by atomic mass is 10.2. The van der Waals surface area contributed by atoms with Gasteiger partial charge in [-0.3, -0.25) is 0 Å². The van der Waals surface area contributed by atoms with Gasteiger partial charge in [-0.1, -0.05) is 17.7 Å². The van der Waals surface area contributed by atoms with E-state index < -0.39 is 0 Å². The summed E-state index contributed by atoms with van der Waals surface area (Å²) in [7, 11) is 1.66. The lowest BCUT2D eigenvalue weighted by Gasteiger charge is -2.11. The highest BCUT2D eigenvalue weighted by atomic mass is 35.5. The van der Waals surface area contributed by atoms with Crippen LogP contribution in [0.25, 0.3) is 0 Å². The van der Waals surface area contributed by atoms with Gasteiger partial charge >= 0.3 is 0 Å².